The minimum atomic E-state index is -0.174. The third-order valence-electron chi connectivity index (χ3n) is 3.09. The molecule has 0 aromatic carbocycles. The number of rotatable bonds is 3. The molecule has 2 N–H and O–H groups in total. The van der Waals surface area contributed by atoms with Crippen LogP contribution >= 0.6 is 0 Å². The lowest BCUT2D eigenvalue weighted by Crippen LogP contribution is -2.49. The van der Waals surface area contributed by atoms with E-state index >= 15 is 0 Å². The SMILES string of the molecule is CC1CN(C(=O)Cn2cc(C(C)N)nn2)CC(C)O1. The summed E-state index contributed by atoms with van der Waals surface area (Å²) in [7, 11) is 0. The molecule has 1 amide bonds. The average molecular weight is 267 g/mol. The largest absolute Gasteiger partial charge is 0.372 e. The molecule has 0 aliphatic carbocycles. The number of morpholine rings is 1. The Bertz CT molecular complexity index is 435. The van der Waals surface area contributed by atoms with E-state index in [1.165, 1.54) is 4.68 Å². The van der Waals surface area contributed by atoms with E-state index in [0.717, 1.165) is 0 Å². The molecule has 1 aromatic rings. The standard InChI is InChI=1S/C12H21N5O2/c1-8-4-16(5-9(2)19-8)12(18)7-17-6-11(10(3)13)14-15-17/h6,8-10H,4-5,7,13H2,1-3H3. The summed E-state index contributed by atoms with van der Waals surface area (Å²) < 4.78 is 7.14. The fourth-order valence-electron chi connectivity index (χ4n) is 2.22. The number of nitrogens with zero attached hydrogens (tertiary/aromatic N) is 4. The molecule has 1 aromatic heterocycles. The molecule has 0 bridgehead atoms. The molecule has 1 fully saturated rings. The van der Waals surface area contributed by atoms with Crippen molar-refractivity contribution >= 4 is 5.91 Å². The molecule has 2 rings (SSSR count). The van der Waals surface area contributed by atoms with Crippen LogP contribution in [0.4, 0.5) is 0 Å². The van der Waals surface area contributed by atoms with Gasteiger partial charge in [0, 0.05) is 19.1 Å². The maximum atomic E-state index is 12.2. The predicted octanol–water partition coefficient (Wildman–Crippen LogP) is -0.0664. The van der Waals surface area contributed by atoms with E-state index in [2.05, 4.69) is 10.3 Å². The van der Waals surface area contributed by atoms with E-state index in [4.69, 9.17) is 10.5 Å². The molecule has 3 unspecified atom stereocenters. The van der Waals surface area contributed by atoms with Crippen LogP contribution in [-0.2, 0) is 16.1 Å². The first-order chi connectivity index (χ1) is 8.95. The van der Waals surface area contributed by atoms with Crippen LogP contribution in [0.25, 0.3) is 0 Å². The fraction of sp³-hybridized carbons (Fsp3) is 0.750. The van der Waals surface area contributed by atoms with Gasteiger partial charge in [0.25, 0.3) is 0 Å². The molecule has 1 aliphatic rings. The molecule has 3 atom stereocenters. The second-order valence-corrected chi connectivity index (χ2v) is 5.19. The van der Waals surface area contributed by atoms with E-state index in [-0.39, 0.29) is 30.7 Å². The van der Waals surface area contributed by atoms with Crippen LogP contribution in [0, 0.1) is 0 Å². The van der Waals surface area contributed by atoms with Crippen LogP contribution in [0.5, 0.6) is 0 Å². The maximum Gasteiger partial charge on any atom is 0.244 e. The van der Waals surface area contributed by atoms with Crippen molar-refractivity contribution in [1.29, 1.82) is 0 Å². The Hall–Kier alpha value is -1.47. The van der Waals surface area contributed by atoms with Gasteiger partial charge in [-0.1, -0.05) is 5.21 Å². The lowest BCUT2D eigenvalue weighted by Gasteiger charge is -2.35. The zero-order valence-corrected chi connectivity index (χ0v) is 11.6. The van der Waals surface area contributed by atoms with Crippen molar-refractivity contribution in [3.05, 3.63) is 11.9 Å². The number of aromatic nitrogens is 3. The summed E-state index contributed by atoms with van der Waals surface area (Å²) in [5.41, 5.74) is 6.40. The average Bonchev–Trinajstić information content (AvgIpc) is 2.76. The van der Waals surface area contributed by atoms with Gasteiger partial charge in [-0.05, 0) is 20.8 Å². The number of hydrogen-bond acceptors (Lipinski definition) is 5. The summed E-state index contributed by atoms with van der Waals surface area (Å²) in [5, 5.41) is 7.85. The Balaban J connectivity index is 1.96. The van der Waals surface area contributed by atoms with Gasteiger partial charge in [0.2, 0.25) is 5.91 Å². The zero-order valence-electron chi connectivity index (χ0n) is 11.6. The van der Waals surface area contributed by atoms with Crippen molar-refractivity contribution in [3.63, 3.8) is 0 Å². The number of carbonyl (C=O) groups is 1. The molecule has 1 saturated heterocycles. The van der Waals surface area contributed by atoms with Gasteiger partial charge < -0.3 is 15.4 Å². The highest BCUT2D eigenvalue weighted by Crippen LogP contribution is 2.11. The van der Waals surface area contributed by atoms with Gasteiger partial charge in [-0.2, -0.15) is 0 Å². The highest BCUT2D eigenvalue weighted by Gasteiger charge is 2.26. The third kappa shape index (κ3) is 3.51. The Labute approximate surface area is 112 Å². The lowest BCUT2D eigenvalue weighted by atomic mass is 10.2. The quantitative estimate of drug-likeness (QED) is 0.828. The first-order valence-corrected chi connectivity index (χ1v) is 6.54. The van der Waals surface area contributed by atoms with Crippen LogP contribution in [0.2, 0.25) is 0 Å². The number of carbonyl (C=O) groups excluding carboxylic acids is 1. The topological polar surface area (TPSA) is 86.3 Å². The van der Waals surface area contributed by atoms with Crippen LogP contribution in [0.1, 0.15) is 32.5 Å². The Morgan fingerprint density at radius 3 is 2.68 bits per heavy atom. The molecule has 0 spiro atoms. The van der Waals surface area contributed by atoms with Gasteiger partial charge in [-0.15, -0.1) is 5.10 Å². The van der Waals surface area contributed by atoms with Gasteiger partial charge in [-0.3, -0.25) is 4.79 Å². The van der Waals surface area contributed by atoms with E-state index in [1.54, 1.807) is 6.20 Å². The fourth-order valence-corrected chi connectivity index (χ4v) is 2.22. The van der Waals surface area contributed by atoms with Crippen LogP contribution in [0.15, 0.2) is 6.20 Å². The minimum absolute atomic E-state index is 0.0307. The predicted molar refractivity (Wildman–Crippen MR) is 69.2 cm³/mol. The van der Waals surface area contributed by atoms with Crippen molar-refractivity contribution in [3.8, 4) is 0 Å². The molecule has 7 nitrogen and oxygen atoms in total. The second-order valence-electron chi connectivity index (χ2n) is 5.19. The van der Waals surface area contributed by atoms with E-state index in [9.17, 15) is 4.79 Å². The van der Waals surface area contributed by atoms with Crippen molar-refractivity contribution < 1.29 is 9.53 Å². The lowest BCUT2D eigenvalue weighted by molar-refractivity contribution is -0.144. The molecule has 2 heterocycles. The highest BCUT2D eigenvalue weighted by atomic mass is 16.5. The summed E-state index contributed by atoms with van der Waals surface area (Å²) in [4.78, 5) is 14.0. The highest BCUT2D eigenvalue weighted by molar-refractivity contribution is 5.76. The minimum Gasteiger partial charge on any atom is -0.372 e. The molecule has 0 radical (unpaired) electrons. The number of hydrogen-bond donors (Lipinski definition) is 1. The van der Waals surface area contributed by atoms with Gasteiger partial charge in [0.05, 0.1) is 24.1 Å². The van der Waals surface area contributed by atoms with Crippen LogP contribution < -0.4 is 5.73 Å². The number of nitrogens with two attached hydrogens (primary N) is 1. The molecule has 106 valence electrons. The molecular weight excluding hydrogens is 246 g/mol. The summed E-state index contributed by atoms with van der Waals surface area (Å²) in [5.74, 6) is 0.0307. The molecule has 19 heavy (non-hydrogen) atoms. The Morgan fingerprint density at radius 1 is 1.53 bits per heavy atom. The van der Waals surface area contributed by atoms with Gasteiger partial charge in [-0.25, -0.2) is 4.68 Å². The molecule has 0 saturated carbocycles. The van der Waals surface area contributed by atoms with Gasteiger partial charge in [0.15, 0.2) is 0 Å². The molecular formula is C12H21N5O2. The number of ether oxygens (including phenoxy) is 1. The van der Waals surface area contributed by atoms with Crippen LogP contribution in [-0.4, -0.2) is 51.1 Å². The summed E-state index contributed by atoms with van der Waals surface area (Å²) >= 11 is 0. The third-order valence-corrected chi connectivity index (χ3v) is 3.09. The Kier molecular flexibility index (Phi) is 4.16. The normalized spacial score (nSPS) is 25.4. The monoisotopic (exact) mass is 267 g/mol. The number of amides is 1. The summed E-state index contributed by atoms with van der Waals surface area (Å²) in [6.45, 7) is 7.22. The van der Waals surface area contributed by atoms with E-state index < -0.39 is 0 Å². The van der Waals surface area contributed by atoms with Crippen molar-refractivity contribution in [2.24, 2.45) is 5.73 Å². The van der Waals surface area contributed by atoms with Gasteiger partial charge >= 0.3 is 0 Å². The summed E-state index contributed by atoms with van der Waals surface area (Å²) in [6.07, 6.45) is 1.86. The Morgan fingerprint density at radius 2 is 2.16 bits per heavy atom. The van der Waals surface area contributed by atoms with E-state index in [1.807, 2.05) is 25.7 Å². The maximum absolute atomic E-state index is 12.2. The van der Waals surface area contributed by atoms with Crippen molar-refractivity contribution in [2.75, 3.05) is 13.1 Å². The van der Waals surface area contributed by atoms with Crippen LogP contribution in [0.3, 0.4) is 0 Å². The zero-order chi connectivity index (χ0) is 14.0. The van der Waals surface area contributed by atoms with Crippen molar-refractivity contribution in [1.82, 2.24) is 19.9 Å². The smallest absolute Gasteiger partial charge is 0.244 e. The van der Waals surface area contributed by atoms with Crippen molar-refractivity contribution in [2.45, 2.75) is 45.6 Å². The first-order valence-electron chi connectivity index (χ1n) is 6.54. The van der Waals surface area contributed by atoms with E-state index in [0.29, 0.717) is 18.8 Å². The second kappa shape index (κ2) is 5.66. The molecule has 1 aliphatic heterocycles. The summed E-state index contributed by atoms with van der Waals surface area (Å²) in [6, 6.07) is -0.174. The first kappa shape index (κ1) is 14.0. The molecule has 7 heteroatoms. The van der Waals surface area contributed by atoms with Gasteiger partial charge in [0.1, 0.15) is 6.54 Å².